The molecule has 0 saturated carbocycles. The molecule has 0 aliphatic heterocycles. The Morgan fingerprint density at radius 1 is 1.16 bits per heavy atom. The second-order valence-electron chi connectivity index (χ2n) is 5.31. The number of rotatable bonds is 6. The molecule has 0 aliphatic rings. The first-order valence-electron chi connectivity index (χ1n) is 7.70. The van der Waals surface area contributed by atoms with Crippen molar-refractivity contribution in [3.8, 4) is 5.75 Å². The van der Waals surface area contributed by atoms with Crippen molar-refractivity contribution in [2.75, 3.05) is 18.2 Å². The van der Waals surface area contributed by atoms with Gasteiger partial charge in [-0.15, -0.1) is 11.8 Å². The number of benzene rings is 2. The summed E-state index contributed by atoms with van der Waals surface area (Å²) in [4.78, 5) is 11.9. The quantitative estimate of drug-likeness (QED) is 0.532. The predicted octanol–water partition coefficient (Wildman–Crippen LogP) is 3.25. The van der Waals surface area contributed by atoms with Crippen LogP contribution in [0.1, 0.15) is 11.1 Å². The molecule has 0 bridgehead atoms. The number of para-hydroxylation sites is 2. The molecule has 7 heteroatoms. The van der Waals surface area contributed by atoms with E-state index in [1.807, 2.05) is 30.3 Å². The number of aryl methyl sites for hydroxylation is 1. The van der Waals surface area contributed by atoms with Crippen molar-refractivity contribution in [1.29, 1.82) is 0 Å². The third-order valence-electron chi connectivity index (χ3n) is 3.25. The minimum atomic E-state index is -0.137. The predicted molar refractivity (Wildman–Crippen MR) is 108 cm³/mol. The van der Waals surface area contributed by atoms with Gasteiger partial charge < -0.3 is 10.1 Å². The highest BCUT2D eigenvalue weighted by Crippen LogP contribution is 2.22. The van der Waals surface area contributed by atoms with Gasteiger partial charge in [0.15, 0.2) is 5.11 Å². The van der Waals surface area contributed by atoms with E-state index in [9.17, 15) is 4.79 Å². The molecule has 0 aliphatic carbocycles. The minimum absolute atomic E-state index is 0.137. The van der Waals surface area contributed by atoms with Gasteiger partial charge >= 0.3 is 0 Å². The van der Waals surface area contributed by atoms with Crippen molar-refractivity contribution in [1.82, 2.24) is 10.9 Å². The molecule has 0 atom stereocenters. The second kappa shape index (κ2) is 9.90. The number of hydrogen-bond acceptors (Lipinski definition) is 4. The van der Waals surface area contributed by atoms with E-state index in [1.54, 1.807) is 18.9 Å². The number of thioether (sulfide) groups is 1. The Morgan fingerprint density at radius 2 is 1.96 bits per heavy atom. The number of hydrazine groups is 1. The van der Waals surface area contributed by atoms with Gasteiger partial charge in [0, 0.05) is 5.75 Å². The normalized spacial score (nSPS) is 10.0. The van der Waals surface area contributed by atoms with E-state index in [1.165, 1.54) is 11.1 Å². The summed E-state index contributed by atoms with van der Waals surface area (Å²) in [6.07, 6.45) is 0. The zero-order valence-corrected chi connectivity index (χ0v) is 15.8. The van der Waals surface area contributed by atoms with Crippen LogP contribution in [-0.2, 0) is 10.5 Å². The van der Waals surface area contributed by atoms with E-state index < -0.39 is 0 Å². The van der Waals surface area contributed by atoms with Crippen LogP contribution in [0.5, 0.6) is 5.75 Å². The summed E-state index contributed by atoms with van der Waals surface area (Å²) in [5.41, 5.74) is 8.43. The topological polar surface area (TPSA) is 62.4 Å². The summed E-state index contributed by atoms with van der Waals surface area (Å²) in [7, 11) is 1.59. The molecular weight excluding hydrogens is 354 g/mol. The molecule has 0 heterocycles. The Morgan fingerprint density at radius 3 is 2.72 bits per heavy atom. The molecule has 25 heavy (non-hydrogen) atoms. The molecule has 2 aromatic rings. The van der Waals surface area contributed by atoms with Crippen molar-refractivity contribution in [3.63, 3.8) is 0 Å². The lowest BCUT2D eigenvalue weighted by Gasteiger charge is -2.13. The van der Waals surface area contributed by atoms with Gasteiger partial charge in [-0.1, -0.05) is 42.0 Å². The maximum absolute atomic E-state index is 11.9. The lowest BCUT2D eigenvalue weighted by Crippen LogP contribution is -2.44. The number of anilines is 1. The van der Waals surface area contributed by atoms with Crippen LogP contribution in [0.25, 0.3) is 0 Å². The lowest BCUT2D eigenvalue weighted by molar-refractivity contribution is -0.119. The van der Waals surface area contributed by atoms with Gasteiger partial charge in [-0.3, -0.25) is 15.6 Å². The molecule has 3 N–H and O–H groups in total. The molecule has 0 aromatic heterocycles. The Labute approximate surface area is 157 Å². The van der Waals surface area contributed by atoms with Crippen LogP contribution in [0.4, 0.5) is 5.69 Å². The van der Waals surface area contributed by atoms with Crippen LogP contribution in [0.2, 0.25) is 0 Å². The highest BCUT2D eigenvalue weighted by Gasteiger charge is 2.06. The Bertz CT molecular complexity index is 738. The van der Waals surface area contributed by atoms with E-state index in [-0.39, 0.29) is 5.91 Å². The summed E-state index contributed by atoms with van der Waals surface area (Å²) in [5, 5.41) is 3.27. The van der Waals surface area contributed by atoms with Gasteiger partial charge in [0.2, 0.25) is 5.91 Å². The van der Waals surface area contributed by atoms with E-state index in [4.69, 9.17) is 17.0 Å². The van der Waals surface area contributed by atoms with E-state index in [0.717, 1.165) is 11.4 Å². The van der Waals surface area contributed by atoms with Crippen molar-refractivity contribution in [2.24, 2.45) is 0 Å². The lowest BCUT2D eigenvalue weighted by atomic mass is 10.2. The van der Waals surface area contributed by atoms with E-state index in [0.29, 0.717) is 16.6 Å². The number of amides is 1. The molecule has 5 nitrogen and oxygen atoms in total. The maximum atomic E-state index is 11.9. The van der Waals surface area contributed by atoms with Crippen LogP contribution < -0.4 is 20.9 Å². The number of carbonyl (C=O) groups is 1. The molecule has 0 unspecified atom stereocenters. The summed E-state index contributed by atoms with van der Waals surface area (Å²) in [5.74, 6) is 1.67. The fourth-order valence-corrected chi connectivity index (χ4v) is 3.06. The van der Waals surface area contributed by atoms with Gasteiger partial charge in [-0.05, 0) is 36.8 Å². The van der Waals surface area contributed by atoms with Gasteiger partial charge in [0.25, 0.3) is 0 Å². The summed E-state index contributed by atoms with van der Waals surface area (Å²) in [6.45, 7) is 2.06. The second-order valence-corrected chi connectivity index (χ2v) is 6.70. The van der Waals surface area contributed by atoms with Gasteiger partial charge in [0.05, 0.1) is 18.6 Å². The Hall–Kier alpha value is -2.25. The maximum Gasteiger partial charge on any atom is 0.248 e. The highest BCUT2D eigenvalue weighted by atomic mass is 32.2. The van der Waals surface area contributed by atoms with Crippen LogP contribution in [0, 0.1) is 6.92 Å². The number of methoxy groups -OCH3 is 1. The fourth-order valence-electron chi connectivity index (χ4n) is 2.13. The van der Waals surface area contributed by atoms with E-state index in [2.05, 4.69) is 41.3 Å². The zero-order valence-electron chi connectivity index (χ0n) is 14.2. The standard InChI is InChI=1S/C18H21N3O2S2/c1-13-6-5-7-14(10-13)11-25-12-17(22)20-21-18(24)19-15-8-3-4-9-16(15)23-2/h3-10H,11-12H2,1-2H3,(H,20,22)(H2,19,21,24). The molecule has 1 amide bonds. The van der Waals surface area contributed by atoms with Gasteiger partial charge in [-0.25, -0.2) is 0 Å². The fraction of sp³-hybridized carbons (Fsp3) is 0.222. The first-order chi connectivity index (χ1) is 12.1. The summed E-state index contributed by atoms with van der Waals surface area (Å²) in [6, 6.07) is 15.7. The van der Waals surface area contributed by atoms with Crippen molar-refractivity contribution in [2.45, 2.75) is 12.7 Å². The molecule has 0 saturated heterocycles. The average molecular weight is 376 g/mol. The SMILES string of the molecule is COc1ccccc1NC(=S)NNC(=O)CSCc1cccc(C)c1. The Kier molecular flexibility index (Phi) is 7.56. The molecule has 0 radical (unpaired) electrons. The first-order valence-corrected chi connectivity index (χ1v) is 9.27. The third kappa shape index (κ3) is 6.64. The van der Waals surface area contributed by atoms with Gasteiger partial charge in [-0.2, -0.15) is 0 Å². The van der Waals surface area contributed by atoms with Crippen LogP contribution >= 0.6 is 24.0 Å². The van der Waals surface area contributed by atoms with Crippen molar-refractivity contribution >= 4 is 40.7 Å². The van der Waals surface area contributed by atoms with Crippen molar-refractivity contribution < 1.29 is 9.53 Å². The van der Waals surface area contributed by atoms with Gasteiger partial charge in [0.1, 0.15) is 5.75 Å². The van der Waals surface area contributed by atoms with Crippen LogP contribution in [0.3, 0.4) is 0 Å². The molecule has 0 fully saturated rings. The Balaban J connectivity index is 1.69. The molecular formula is C18H21N3O2S2. The van der Waals surface area contributed by atoms with Crippen LogP contribution in [0.15, 0.2) is 48.5 Å². The number of thiocarbonyl (C=S) groups is 1. The molecule has 0 spiro atoms. The monoisotopic (exact) mass is 375 g/mol. The number of nitrogens with one attached hydrogen (secondary N) is 3. The van der Waals surface area contributed by atoms with Crippen LogP contribution in [-0.4, -0.2) is 23.9 Å². The number of carbonyl (C=O) groups excluding carboxylic acids is 1. The zero-order chi connectivity index (χ0) is 18.1. The smallest absolute Gasteiger partial charge is 0.248 e. The van der Waals surface area contributed by atoms with E-state index >= 15 is 0 Å². The molecule has 2 aromatic carbocycles. The summed E-state index contributed by atoms with van der Waals surface area (Å²) < 4.78 is 5.23. The number of hydrogen-bond donors (Lipinski definition) is 3. The highest BCUT2D eigenvalue weighted by molar-refractivity contribution is 7.99. The summed E-state index contributed by atoms with van der Waals surface area (Å²) >= 11 is 6.72. The minimum Gasteiger partial charge on any atom is -0.495 e. The number of ether oxygens (including phenoxy) is 1. The first kappa shape index (κ1) is 19.1. The third-order valence-corrected chi connectivity index (χ3v) is 4.46. The molecule has 132 valence electrons. The average Bonchev–Trinajstić information content (AvgIpc) is 2.60. The molecule has 2 rings (SSSR count). The largest absolute Gasteiger partial charge is 0.495 e. The van der Waals surface area contributed by atoms with Crippen molar-refractivity contribution in [3.05, 3.63) is 59.7 Å².